The van der Waals surface area contributed by atoms with Crippen LogP contribution < -0.4 is 0 Å². The molecule has 0 aliphatic rings. The molecule has 0 spiro atoms. The zero-order valence-corrected chi connectivity index (χ0v) is 23.6. The summed E-state index contributed by atoms with van der Waals surface area (Å²) in [5.41, 5.74) is 10.5. The zero-order valence-electron chi connectivity index (χ0n) is 23.6. The number of nitrogens with zero attached hydrogens (tertiary/aromatic N) is 2. The predicted molar refractivity (Wildman–Crippen MR) is 178 cm³/mol. The molecule has 6 aromatic carbocycles. The van der Waals surface area contributed by atoms with Crippen LogP contribution >= 0.6 is 0 Å². The van der Waals surface area contributed by atoms with Crippen molar-refractivity contribution in [3.63, 3.8) is 0 Å². The van der Waals surface area contributed by atoms with E-state index in [1.54, 1.807) is 0 Å². The highest BCUT2D eigenvalue weighted by Crippen LogP contribution is 2.40. The summed E-state index contributed by atoms with van der Waals surface area (Å²) in [6.45, 7) is 0. The van der Waals surface area contributed by atoms with Gasteiger partial charge >= 0.3 is 0 Å². The smallest absolute Gasteiger partial charge is 0.160 e. The molecule has 4 heteroatoms. The van der Waals surface area contributed by atoms with Gasteiger partial charge < -0.3 is 8.83 Å². The quantitative estimate of drug-likeness (QED) is 0.213. The van der Waals surface area contributed by atoms with E-state index in [0.717, 1.165) is 83.1 Å². The van der Waals surface area contributed by atoms with Crippen LogP contribution in [0.5, 0.6) is 0 Å². The number of furan rings is 2. The molecular weight excluding hydrogens is 540 g/mol. The van der Waals surface area contributed by atoms with E-state index in [2.05, 4.69) is 72.8 Å². The molecule has 0 bridgehead atoms. The topological polar surface area (TPSA) is 52.1 Å². The fourth-order valence-electron chi connectivity index (χ4n) is 6.19. The number of benzene rings is 6. The molecule has 0 atom stereocenters. The molecule has 9 aromatic rings. The maximum Gasteiger partial charge on any atom is 0.160 e. The molecule has 4 nitrogen and oxygen atoms in total. The summed E-state index contributed by atoms with van der Waals surface area (Å²) in [7, 11) is 0. The van der Waals surface area contributed by atoms with E-state index in [4.69, 9.17) is 18.8 Å². The van der Waals surface area contributed by atoms with Crippen LogP contribution in [0.1, 0.15) is 0 Å². The summed E-state index contributed by atoms with van der Waals surface area (Å²) in [5.74, 6) is 0.695. The molecule has 0 unspecified atom stereocenters. The predicted octanol–water partition coefficient (Wildman–Crippen LogP) is 10.9. The Kier molecular flexibility index (Phi) is 5.47. The van der Waals surface area contributed by atoms with Crippen LogP contribution in [-0.4, -0.2) is 9.97 Å². The van der Waals surface area contributed by atoms with Gasteiger partial charge in [-0.15, -0.1) is 0 Å². The molecule has 3 aromatic heterocycles. The normalized spacial score (nSPS) is 11.6. The van der Waals surface area contributed by atoms with Crippen LogP contribution in [-0.2, 0) is 0 Å². The third kappa shape index (κ3) is 4.00. The van der Waals surface area contributed by atoms with Gasteiger partial charge in [0.1, 0.15) is 22.3 Å². The van der Waals surface area contributed by atoms with Gasteiger partial charge in [-0.3, -0.25) is 0 Å². The van der Waals surface area contributed by atoms with Gasteiger partial charge in [-0.05, 0) is 59.7 Å². The Morgan fingerprint density at radius 3 is 1.77 bits per heavy atom. The second-order valence-corrected chi connectivity index (χ2v) is 11.0. The Balaban J connectivity index is 1.25. The molecule has 0 saturated carbocycles. The molecule has 3 heterocycles. The molecule has 0 aliphatic carbocycles. The maximum absolute atomic E-state index is 6.38. The van der Waals surface area contributed by atoms with Gasteiger partial charge in [-0.25, -0.2) is 9.97 Å². The summed E-state index contributed by atoms with van der Waals surface area (Å²) in [4.78, 5) is 10.0. The van der Waals surface area contributed by atoms with Crippen molar-refractivity contribution in [2.24, 2.45) is 0 Å². The van der Waals surface area contributed by atoms with Crippen molar-refractivity contribution >= 4 is 43.9 Å². The van der Waals surface area contributed by atoms with E-state index in [0.29, 0.717) is 5.82 Å². The van der Waals surface area contributed by atoms with Crippen LogP contribution in [0, 0.1) is 0 Å². The number of aromatic nitrogens is 2. The number of fused-ring (bicyclic) bond motifs is 6. The van der Waals surface area contributed by atoms with Crippen LogP contribution in [0.3, 0.4) is 0 Å². The molecule has 0 radical (unpaired) electrons. The largest absolute Gasteiger partial charge is 0.456 e. The van der Waals surface area contributed by atoms with Crippen LogP contribution in [0.2, 0.25) is 0 Å². The molecule has 0 N–H and O–H groups in total. The summed E-state index contributed by atoms with van der Waals surface area (Å²) >= 11 is 0. The highest BCUT2D eigenvalue weighted by Gasteiger charge is 2.17. The Morgan fingerprint density at radius 1 is 0.364 bits per heavy atom. The van der Waals surface area contributed by atoms with Gasteiger partial charge in [0, 0.05) is 38.2 Å². The lowest BCUT2D eigenvalue weighted by Gasteiger charge is -2.10. The van der Waals surface area contributed by atoms with Gasteiger partial charge in [0.25, 0.3) is 0 Å². The molecule has 0 amide bonds. The van der Waals surface area contributed by atoms with Gasteiger partial charge in [0.2, 0.25) is 0 Å². The summed E-state index contributed by atoms with van der Waals surface area (Å²) in [6.07, 6.45) is 0. The summed E-state index contributed by atoms with van der Waals surface area (Å²) in [6, 6.07) is 49.7. The molecular formula is C40H24N2O2. The molecule has 9 rings (SSSR count). The molecule has 206 valence electrons. The average Bonchev–Trinajstić information content (AvgIpc) is 3.66. The molecule has 0 aliphatic heterocycles. The SMILES string of the molecule is c1ccc(-c2cc(-c3ccc4oc5cccc(-c6ccc7oc8ccccc8c7c6)c5c4c3)nc(-c3ccccc3)n2)cc1. The minimum Gasteiger partial charge on any atom is -0.456 e. The van der Waals surface area contributed by atoms with Crippen molar-refractivity contribution in [3.05, 3.63) is 146 Å². The standard InChI is InChI=1S/C40H24N2O2/c1-3-10-25(11-4-1)33-24-34(42-40(41-33)26-12-5-2-6-13-26)28-19-21-37-32(23-28)39-29(15-9-17-38(39)44-37)27-18-20-36-31(22-27)30-14-7-8-16-35(30)43-36/h1-24H. The van der Waals surface area contributed by atoms with Crippen molar-refractivity contribution in [1.82, 2.24) is 9.97 Å². The summed E-state index contributed by atoms with van der Waals surface area (Å²) < 4.78 is 12.5. The third-order valence-corrected chi connectivity index (χ3v) is 8.31. The van der Waals surface area contributed by atoms with E-state index in [-0.39, 0.29) is 0 Å². The number of para-hydroxylation sites is 1. The van der Waals surface area contributed by atoms with Crippen molar-refractivity contribution in [3.8, 4) is 45.0 Å². The summed E-state index contributed by atoms with van der Waals surface area (Å²) in [5, 5.41) is 4.35. The Morgan fingerprint density at radius 2 is 0.955 bits per heavy atom. The van der Waals surface area contributed by atoms with Crippen molar-refractivity contribution in [2.75, 3.05) is 0 Å². The zero-order chi connectivity index (χ0) is 29.0. The lowest BCUT2D eigenvalue weighted by molar-refractivity contribution is 0.669. The van der Waals surface area contributed by atoms with Crippen LogP contribution in [0.15, 0.2) is 154 Å². The first-order valence-corrected chi connectivity index (χ1v) is 14.7. The average molecular weight is 565 g/mol. The van der Waals surface area contributed by atoms with Crippen molar-refractivity contribution in [1.29, 1.82) is 0 Å². The highest BCUT2D eigenvalue weighted by molar-refractivity contribution is 6.14. The second kappa shape index (κ2) is 9.79. The van der Waals surface area contributed by atoms with Crippen LogP contribution in [0.4, 0.5) is 0 Å². The first-order chi connectivity index (χ1) is 21.8. The minimum absolute atomic E-state index is 0.695. The number of rotatable bonds is 4. The van der Waals surface area contributed by atoms with Gasteiger partial charge in [-0.1, -0.05) is 97.1 Å². The first-order valence-electron chi connectivity index (χ1n) is 14.7. The minimum atomic E-state index is 0.695. The van der Waals surface area contributed by atoms with Crippen LogP contribution in [0.25, 0.3) is 88.9 Å². The molecule has 44 heavy (non-hydrogen) atoms. The van der Waals surface area contributed by atoms with E-state index in [1.807, 2.05) is 72.8 Å². The molecule has 0 fully saturated rings. The van der Waals surface area contributed by atoms with E-state index < -0.39 is 0 Å². The fourth-order valence-corrected chi connectivity index (χ4v) is 6.19. The van der Waals surface area contributed by atoms with E-state index in [1.165, 1.54) is 0 Å². The highest BCUT2D eigenvalue weighted by atomic mass is 16.3. The van der Waals surface area contributed by atoms with Gasteiger partial charge in [0.05, 0.1) is 11.4 Å². The van der Waals surface area contributed by atoms with Gasteiger partial charge in [0.15, 0.2) is 5.82 Å². The third-order valence-electron chi connectivity index (χ3n) is 8.31. The van der Waals surface area contributed by atoms with Crippen molar-refractivity contribution in [2.45, 2.75) is 0 Å². The Hall–Kier alpha value is -6.00. The van der Waals surface area contributed by atoms with Gasteiger partial charge in [-0.2, -0.15) is 0 Å². The first kappa shape index (κ1) is 24.6. The lowest BCUT2D eigenvalue weighted by atomic mass is 9.97. The Bertz CT molecular complexity index is 2430. The lowest BCUT2D eigenvalue weighted by Crippen LogP contribution is -1.95. The number of hydrogen-bond acceptors (Lipinski definition) is 4. The second-order valence-electron chi connectivity index (χ2n) is 11.0. The monoisotopic (exact) mass is 564 g/mol. The number of hydrogen-bond donors (Lipinski definition) is 0. The Labute approximate surface area is 252 Å². The molecule has 0 saturated heterocycles. The van der Waals surface area contributed by atoms with Crippen molar-refractivity contribution < 1.29 is 8.83 Å². The van der Waals surface area contributed by atoms with E-state index >= 15 is 0 Å². The maximum atomic E-state index is 6.38. The van der Waals surface area contributed by atoms with E-state index in [9.17, 15) is 0 Å². The fraction of sp³-hybridized carbons (Fsp3) is 0.